The van der Waals surface area contributed by atoms with Crippen LogP contribution in [0.15, 0.2) is 12.4 Å². The van der Waals surface area contributed by atoms with Crippen molar-refractivity contribution < 1.29 is 0 Å². The van der Waals surface area contributed by atoms with Crippen molar-refractivity contribution in [2.45, 2.75) is 45.2 Å². The Morgan fingerprint density at radius 3 is 2.94 bits per heavy atom. The molecule has 0 amide bonds. The van der Waals surface area contributed by atoms with E-state index in [9.17, 15) is 0 Å². The average Bonchev–Trinajstić information content (AvgIpc) is 2.76. The van der Waals surface area contributed by atoms with E-state index >= 15 is 0 Å². The van der Waals surface area contributed by atoms with Crippen molar-refractivity contribution >= 4 is 0 Å². The summed E-state index contributed by atoms with van der Waals surface area (Å²) in [6, 6.07) is 0.316. The van der Waals surface area contributed by atoms with Crippen LogP contribution in [0.3, 0.4) is 0 Å². The number of hydrogen-bond acceptors (Lipinski definition) is 3. The minimum Gasteiger partial charge on any atom is -0.272 e. The molecule has 1 heterocycles. The second-order valence-corrected chi connectivity index (χ2v) is 5.52. The van der Waals surface area contributed by atoms with Gasteiger partial charge < -0.3 is 0 Å². The van der Waals surface area contributed by atoms with Crippen molar-refractivity contribution in [2.24, 2.45) is 23.6 Å². The number of fused-ring (bicyclic) bond motifs is 1. The number of nitrogens with two attached hydrogens (primary N) is 1. The Hall–Kier alpha value is -0.870. The summed E-state index contributed by atoms with van der Waals surface area (Å²) in [5.74, 6) is 8.35. The molecule has 2 fully saturated rings. The van der Waals surface area contributed by atoms with Gasteiger partial charge in [-0.05, 0) is 37.0 Å². The normalized spacial score (nSPS) is 32.5. The highest BCUT2D eigenvalue weighted by Gasteiger charge is 2.56. The Morgan fingerprint density at radius 2 is 2.29 bits per heavy atom. The van der Waals surface area contributed by atoms with Crippen molar-refractivity contribution in [3.63, 3.8) is 0 Å². The molecule has 0 aliphatic heterocycles. The van der Waals surface area contributed by atoms with Crippen LogP contribution in [-0.2, 0) is 6.54 Å². The van der Waals surface area contributed by atoms with E-state index in [0.717, 1.165) is 30.7 Å². The van der Waals surface area contributed by atoms with Crippen LogP contribution in [0, 0.1) is 17.8 Å². The van der Waals surface area contributed by atoms with E-state index in [1.54, 1.807) is 0 Å². The maximum absolute atomic E-state index is 5.75. The number of rotatable bonds is 5. The predicted octanol–water partition coefficient (Wildman–Crippen LogP) is 1.84. The molecule has 0 spiro atoms. The number of hydrazine groups is 1. The first kappa shape index (κ1) is 11.2. The van der Waals surface area contributed by atoms with E-state index in [2.05, 4.69) is 23.6 Å². The Balaban J connectivity index is 1.71. The fourth-order valence-corrected chi connectivity index (χ4v) is 3.69. The molecule has 2 saturated carbocycles. The first-order valence-electron chi connectivity index (χ1n) is 6.83. The first-order valence-corrected chi connectivity index (χ1v) is 6.83. The molecule has 2 aliphatic rings. The van der Waals surface area contributed by atoms with Gasteiger partial charge in [0.05, 0.1) is 12.2 Å². The van der Waals surface area contributed by atoms with Gasteiger partial charge in [0.25, 0.3) is 0 Å². The molecule has 2 aliphatic carbocycles. The molecule has 4 nitrogen and oxygen atoms in total. The van der Waals surface area contributed by atoms with Crippen molar-refractivity contribution in [3.8, 4) is 0 Å². The number of nitrogens with zero attached hydrogens (tertiary/aromatic N) is 2. The van der Waals surface area contributed by atoms with Gasteiger partial charge in [0, 0.05) is 18.3 Å². The Kier molecular flexibility index (Phi) is 2.92. The van der Waals surface area contributed by atoms with Gasteiger partial charge in [-0.1, -0.05) is 13.3 Å². The molecule has 94 valence electrons. The minimum absolute atomic E-state index is 0.316. The third kappa shape index (κ3) is 1.89. The Labute approximate surface area is 103 Å². The van der Waals surface area contributed by atoms with Gasteiger partial charge >= 0.3 is 0 Å². The predicted molar refractivity (Wildman–Crippen MR) is 66.9 cm³/mol. The summed E-state index contributed by atoms with van der Waals surface area (Å²) in [6.45, 7) is 3.17. The molecule has 0 bridgehead atoms. The quantitative estimate of drug-likeness (QED) is 0.604. The molecule has 3 N–H and O–H groups in total. The van der Waals surface area contributed by atoms with Crippen LogP contribution in [0.4, 0.5) is 0 Å². The molecule has 3 unspecified atom stereocenters. The topological polar surface area (TPSA) is 55.9 Å². The molecule has 1 aromatic rings. The summed E-state index contributed by atoms with van der Waals surface area (Å²) in [5.41, 5.74) is 4.28. The van der Waals surface area contributed by atoms with Gasteiger partial charge in [-0.3, -0.25) is 16.0 Å². The van der Waals surface area contributed by atoms with Gasteiger partial charge in [-0.15, -0.1) is 0 Å². The summed E-state index contributed by atoms with van der Waals surface area (Å²) in [7, 11) is 0. The van der Waals surface area contributed by atoms with Crippen LogP contribution in [0.5, 0.6) is 0 Å². The van der Waals surface area contributed by atoms with Gasteiger partial charge in [-0.25, -0.2) is 0 Å². The van der Waals surface area contributed by atoms with Gasteiger partial charge in [0.1, 0.15) is 0 Å². The van der Waals surface area contributed by atoms with E-state index < -0.39 is 0 Å². The second kappa shape index (κ2) is 4.42. The number of aromatic nitrogens is 2. The number of aryl methyl sites for hydroxylation is 1. The maximum atomic E-state index is 5.75. The maximum Gasteiger partial charge on any atom is 0.0538 e. The van der Waals surface area contributed by atoms with E-state index in [0.29, 0.717) is 6.04 Å². The zero-order valence-corrected chi connectivity index (χ0v) is 10.5. The van der Waals surface area contributed by atoms with Crippen molar-refractivity contribution in [1.82, 2.24) is 15.2 Å². The molecular formula is C13H22N4. The first-order chi connectivity index (χ1) is 8.35. The lowest BCUT2D eigenvalue weighted by Gasteiger charge is -2.16. The van der Waals surface area contributed by atoms with Crippen LogP contribution >= 0.6 is 0 Å². The van der Waals surface area contributed by atoms with E-state index in [4.69, 9.17) is 5.84 Å². The van der Waals surface area contributed by atoms with Crippen LogP contribution in [-0.4, -0.2) is 9.78 Å². The highest BCUT2D eigenvalue weighted by Crippen LogP contribution is 2.61. The Morgan fingerprint density at radius 1 is 1.53 bits per heavy atom. The monoisotopic (exact) mass is 234 g/mol. The standard InChI is InChI=1S/C13H22N4/c1-2-6-17-8-9(7-15-17)13(16-14)12-10-4-3-5-11(10)12/h7-8,10-13,16H,2-6,14H2,1H3. The van der Waals surface area contributed by atoms with E-state index in [-0.39, 0.29) is 0 Å². The van der Waals surface area contributed by atoms with Crippen molar-refractivity contribution in [1.29, 1.82) is 0 Å². The fourth-order valence-electron chi connectivity index (χ4n) is 3.69. The zero-order valence-electron chi connectivity index (χ0n) is 10.5. The van der Waals surface area contributed by atoms with Gasteiger partial charge in [0.15, 0.2) is 0 Å². The lowest BCUT2D eigenvalue weighted by molar-refractivity contribution is 0.424. The zero-order chi connectivity index (χ0) is 11.8. The summed E-state index contributed by atoms with van der Waals surface area (Å²) in [4.78, 5) is 0. The molecule has 4 heteroatoms. The third-order valence-electron chi connectivity index (χ3n) is 4.50. The van der Waals surface area contributed by atoms with Crippen molar-refractivity contribution in [3.05, 3.63) is 18.0 Å². The van der Waals surface area contributed by atoms with Crippen LogP contribution in [0.25, 0.3) is 0 Å². The summed E-state index contributed by atoms with van der Waals surface area (Å²) < 4.78 is 2.03. The van der Waals surface area contributed by atoms with Gasteiger partial charge in [0.2, 0.25) is 0 Å². The van der Waals surface area contributed by atoms with Crippen LogP contribution < -0.4 is 11.3 Å². The highest BCUT2D eigenvalue weighted by molar-refractivity contribution is 5.18. The summed E-state index contributed by atoms with van der Waals surface area (Å²) in [5, 5.41) is 4.40. The lowest BCUT2D eigenvalue weighted by atomic mass is 10.0. The smallest absolute Gasteiger partial charge is 0.0538 e. The molecule has 17 heavy (non-hydrogen) atoms. The van der Waals surface area contributed by atoms with E-state index in [1.165, 1.54) is 24.8 Å². The van der Waals surface area contributed by atoms with Crippen molar-refractivity contribution in [2.75, 3.05) is 0 Å². The number of hydrogen-bond donors (Lipinski definition) is 2. The second-order valence-electron chi connectivity index (χ2n) is 5.52. The average molecular weight is 234 g/mol. The highest BCUT2D eigenvalue weighted by atomic mass is 15.3. The lowest BCUT2D eigenvalue weighted by Crippen LogP contribution is -2.30. The molecule has 0 radical (unpaired) electrons. The molecule has 3 atom stereocenters. The molecule has 1 aromatic heterocycles. The summed E-state index contributed by atoms with van der Waals surface area (Å²) in [6.07, 6.45) is 9.47. The molecule has 0 saturated heterocycles. The third-order valence-corrected chi connectivity index (χ3v) is 4.50. The number of nitrogens with one attached hydrogen (secondary N) is 1. The van der Waals surface area contributed by atoms with Gasteiger partial charge in [-0.2, -0.15) is 5.10 Å². The van der Waals surface area contributed by atoms with Crippen LogP contribution in [0.2, 0.25) is 0 Å². The van der Waals surface area contributed by atoms with Crippen LogP contribution in [0.1, 0.15) is 44.2 Å². The molecule has 3 rings (SSSR count). The summed E-state index contributed by atoms with van der Waals surface area (Å²) >= 11 is 0. The largest absolute Gasteiger partial charge is 0.272 e. The minimum atomic E-state index is 0.316. The SMILES string of the molecule is CCCn1cc(C(NN)C2C3CCCC32)cn1. The molecule has 0 aromatic carbocycles. The fraction of sp³-hybridized carbons (Fsp3) is 0.769. The van der Waals surface area contributed by atoms with E-state index in [1.807, 2.05) is 10.9 Å². The molecular weight excluding hydrogens is 212 g/mol. The Bertz CT molecular complexity index is 377.